The van der Waals surface area contributed by atoms with Crippen LogP contribution in [0.2, 0.25) is 0 Å². The molecular weight excluding hydrogens is 224 g/mol. The lowest BCUT2D eigenvalue weighted by atomic mass is 9.68. The molecule has 2 heteroatoms. The largest absolute Gasteiger partial charge is 0.299 e. The Morgan fingerprint density at radius 3 is 2.39 bits per heavy atom. The number of benzene rings is 1. The molecule has 0 N–H and O–H groups in total. The minimum Gasteiger partial charge on any atom is -0.299 e. The molecule has 3 atom stereocenters. The molecule has 0 radical (unpaired) electrons. The highest BCUT2D eigenvalue weighted by Gasteiger charge is 2.56. The fourth-order valence-corrected chi connectivity index (χ4v) is 3.53. The molecule has 1 fully saturated rings. The molecule has 0 spiro atoms. The van der Waals surface area contributed by atoms with E-state index in [2.05, 4.69) is 12.2 Å². The molecular formula is C16H16O2. The van der Waals surface area contributed by atoms with E-state index in [0.29, 0.717) is 17.9 Å². The van der Waals surface area contributed by atoms with Crippen molar-refractivity contribution in [2.75, 3.05) is 0 Å². The quantitative estimate of drug-likeness (QED) is 0.462. The lowest BCUT2D eigenvalue weighted by Gasteiger charge is -2.31. The van der Waals surface area contributed by atoms with E-state index in [-0.39, 0.29) is 17.5 Å². The van der Waals surface area contributed by atoms with Crippen molar-refractivity contribution in [1.82, 2.24) is 0 Å². The smallest absolute Gasteiger partial charge is 0.176 e. The van der Waals surface area contributed by atoms with Crippen molar-refractivity contribution in [3.05, 3.63) is 48.0 Å². The molecule has 0 heterocycles. The number of hydrogen-bond donors (Lipinski definition) is 0. The normalized spacial score (nSPS) is 32.7. The summed E-state index contributed by atoms with van der Waals surface area (Å²) in [6.45, 7) is 1.56. The fraction of sp³-hybridized carbons (Fsp3) is 0.375. The van der Waals surface area contributed by atoms with Crippen LogP contribution in [0.4, 0.5) is 0 Å². The van der Waals surface area contributed by atoms with Gasteiger partial charge in [-0.3, -0.25) is 9.59 Å². The monoisotopic (exact) mass is 240 g/mol. The van der Waals surface area contributed by atoms with Crippen LogP contribution in [0, 0.1) is 17.3 Å². The van der Waals surface area contributed by atoms with E-state index in [1.165, 1.54) is 0 Å². The first-order valence-corrected chi connectivity index (χ1v) is 6.44. The van der Waals surface area contributed by atoms with Gasteiger partial charge in [0.15, 0.2) is 5.78 Å². The highest BCUT2D eigenvalue weighted by atomic mass is 16.2. The predicted octanol–water partition coefficient (Wildman–Crippen LogP) is 3.04. The molecule has 3 rings (SSSR count). The molecule has 2 bridgehead atoms. The Bertz CT molecular complexity index is 529. The average Bonchev–Trinajstić information content (AvgIpc) is 2.99. The summed E-state index contributed by atoms with van der Waals surface area (Å²) in [6.07, 6.45) is 5.87. The summed E-state index contributed by atoms with van der Waals surface area (Å²) in [4.78, 5) is 24.9. The predicted molar refractivity (Wildman–Crippen MR) is 69.2 cm³/mol. The zero-order chi connectivity index (χ0) is 12.8. The van der Waals surface area contributed by atoms with E-state index in [9.17, 15) is 9.59 Å². The summed E-state index contributed by atoms with van der Waals surface area (Å²) in [5.74, 6) is 0.542. The SMILES string of the molecule is CC(=O)[C@]1(C(=O)c2ccccc2)C[C@H]2C=C[C@@H]1C2. The van der Waals surface area contributed by atoms with Crippen LogP contribution in [-0.2, 0) is 4.79 Å². The van der Waals surface area contributed by atoms with Gasteiger partial charge >= 0.3 is 0 Å². The van der Waals surface area contributed by atoms with Gasteiger partial charge in [0, 0.05) is 5.56 Å². The molecule has 0 aliphatic heterocycles. The molecule has 1 aromatic carbocycles. The number of Topliss-reactive ketones (excluding diaryl/α,β-unsaturated/α-hetero) is 2. The molecule has 0 amide bonds. The van der Waals surface area contributed by atoms with Gasteiger partial charge in [-0.05, 0) is 31.6 Å². The van der Waals surface area contributed by atoms with Crippen molar-refractivity contribution >= 4 is 11.6 Å². The van der Waals surface area contributed by atoms with Gasteiger partial charge in [0.25, 0.3) is 0 Å². The van der Waals surface area contributed by atoms with Gasteiger partial charge in [-0.2, -0.15) is 0 Å². The van der Waals surface area contributed by atoms with Gasteiger partial charge in [0.05, 0.1) is 5.41 Å². The van der Waals surface area contributed by atoms with Crippen LogP contribution in [0.3, 0.4) is 0 Å². The van der Waals surface area contributed by atoms with Crippen molar-refractivity contribution in [3.8, 4) is 0 Å². The summed E-state index contributed by atoms with van der Waals surface area (Å²) >= 11 is 0. The molecule has 1 aromatic rings. The number of ketones is 2. The minimum atomic E-state index is -0.791. The Balaban J connectivity index is 2.05. The summed E-state index contributed by atoms with van der Waals surface area (Å²) in [7, 11) is 0. The third-order valence-electron chi connectivity index (χ3n) is 4.46. The highest BCUT2D eigenvalue weighted by molar-refractivity contribution is 6.14. The van der Waals surface area contributed by atoms with Gasteiger partial charge in [0.1, 0.15) is 5.78 Å². The van der Waals surface area contributed by atoms with Crippen molar-refractivity contribution in [3.63, 3.8) is 0 Å². The zero-order valence-electron chi connectivity index (χ0n) is 10.4. The van der Waals surface area contributed by atoms with E-state index in [1.807, 2.05) is 30.3 Å². The van der Waals surface area contributed by atoms with E-state index in [0.717, 1.165) is 6.42 Å². The maximum absolute atomic E-state index is 12.7. The van der Waals surface area contributed by atoms with Crippen molar-refractivity contribution in [1.29, 1.82) is 0 Å². The third-order valence-corrected chi connectivity index (χ3v) is 4.46. The minimum absolute atomic E-state index is 0.00690. The fourth-order valence-electron chi connectivity index (χ4n) is 3.53. The van der Waals surface area contributed by atoms with Crippen molar-refractivity contribution in [2.24, 2.45) is 17.3 Å². The Hall–Kier alpha value is -1.70. The Morgan fingerprint density at radius 2 is 1.89 bits per heavy atom. The van der Waals surface area contributed by atoms with Crippen LogP contribution in [0.5, 0.6) is 0 Å². The van der Waals surface area contributed by atoms with E-state index >= 15 is 0 Å². The standard InChI is InChI=1S/C16H16O2/c1-11(17)16(10-12-7-8-14(16)9-12)15(18)13-5-3-2-4-6-13/h2-8,12,14H,9-10H2,1H3/t12-,14+,16+/m0/s1. The van der Waals surface area contributed by atoms with Crippen molar-refractivity contribution < 1.29 is 9.59 Å². The highest BCUT2D eigenvalue weighted by Crippen LogP contribution is 2.54. The summed E-state index contributed by atoms with van der Waals surface area (Å²) in [5, 5.41) is 0. The molecule has 0 aromatic heterocycles. The molecule has 18 heavy (non-hydrogen) atoms. The Labute approximate surface area is 107 Å². The first-order valence-electron chi connectivity index (χ1n) is 6.44. The molecule has 0 unspecified atom stereocenters. The molecule has 2 nitrogen and oxygen atoms in total. The second-order valence-corrected chi connectivity index (χ2v) is 5.41. The van der Waals surface area contributed by atoms with Crippen LogP contribution in [0.25, 0.3) is 0 Å². The van der Waals surface area contributed by atoms with E-state index < -0.39 is 5.41 Å². The maximum atomic E-state index is 12.7. The maximum Gasteiger partial charge on any atom is 0.176 e. The molecule has 0 saturated heterocycles. The number of rotatable bonds is 3. The number of fused-ring (bicyclic) bond motifs is 2. The van der Waals surface area contributed by atoms with Gasteiger partial charge in [-0.1, -0.05) is 42.5 Å². The van der Waals surface area contributed by atoms with Crippen molar-refractivity contribution in [2.45, 2.75) is 19.8 Å². The van der Waals surface area contributed by atoms with E-state index in [1.54, 1.807) is 6.92 Å². The first-order chi connectivity index (χ1) is 8.64. The van der Waals surface area contributed by atoms with Gasteiger partial charge in [0.2, 0.25) is 0 Å². The van der Waals surface area contributed by atoms with Gasteiger partial charge < -0.3 is 0 Å². The Kier molecular flexibility index (Phi) is 2.47. The molecule has 2 aliphatic carbocycles. The van der Waals surface area contributed by atoms with Crippen LogP contribution in [0.1, 0.15) is 30.1 Å². The average molecular weight is 240 g/mol. The molecule has 1 saturated carbocycles. The second-order valence-electron chi connectivity index (χ2n) is 5.41. The Morgan fingerprint density at radius 1 is 1.17 bits per heavy atom. The van der Waals surface area contributed by atoms with Crippen LogP contribution in [-0.4, -0.2) is 11.6 Å². The topological polar surface area (TPSA) is 34.1 Å². The summed E-state index contributed by atoms with van der Waals surface area (Å²) in [5.41, 5.74) is -0.130. The zero-order valence-corrected chi connectivity index (χ0v) is 10.4. The molecule has 2 aliphatic rings. The summed E-state index contributed by atoms with van der Waals surface area (Å²) < 4.78 is 0. The van der Waals surface area contributed by atoms with Gasteiger partial charge in [-0.25, -0.2) is 0 Å². The van der Waals surface area contributed by atoms with Crippen LogP contribution >= 0.6 is 0 Å². The van der Waals surface area contributed by atoms with Crippen LogP contribution in [0.15, 0.2) is 42.5 Å². The number of hydrogen-bond acceptors (Lipinski definition) is 2. The summed E-state index contributed by atoms with van der Waals surface area (Å²) in [6, 6.07) is 9.21. The number of carbonyl (C=O) groups excluding carboxylic acids is 2. The van der Waals surface area contributed by atoms with Crippen LogP contribution < -0.4 is 0 Å². The first kappa shape index (κ1) is 11.4. The molecule has 92 valence electrons. The van der Waals surface area contributed by atoms with E-state index in [4.69, 9.17) is 0 Å². The second kappa shape index (κ2) is 3.91. The lowest BCUT2D eigenvalue weighted by Crippen LogP contribution is -2.41. The number of allylic oxidation sites excluding steroid dienone is 2. The number of carbonyl (C=O) groups is 2. The van der Waals surface area contributed by atoms with Gasteiger partial charge in [-0.15, -0.1) is 0 Å². The lowest BCUT2D eigenvalue weighted by molar-refractivity contribution is -0.125. The third kappa shape index (κ3) is 1.41.